The van der Waals surface area contributed by atoms with Crippen molar-refractivity contribution in [2.75, 3.05) is 26.2 Å². The third-order valence-electron chi connectivity index (χ3n) is 4.52. The maximum Gasteiger partial charge on any atom is 0.242 e. The third kappa shape index (κ3) is 4.99. The van der Waals surface area contributed by atoms with Gasteiger partial charge in [0.25, 0.3) is 0 Å². The summed E-state index contributed by atoms with van der Waals surface area (Å²) in [7, 11) is 0. The molecule has 1 aliphatic rings. The number of halogens is 2. The van der Waals surface area contributed by atoms with E-state index < -0.39 is 0 Å². The second-order valence-corrected chi connectivity index (χ2v) is 7.26. The number of carbonyl (C=O) groups excluding carboxylic acids is 2. The zero-order chi connectivity index (χ0) is 18.5. The van der Waals surface area contributed by atoms with Gasteiger partial charge in [0, 0.05) is 23.1 Å². The Balaban J connectivity index is 1.50. The fourth-order valence-electron chi connectivity index (χ4n) is 2.94. The van der Waals surface area contributed by atoms with Gasteiger partial charge in [-0.2, -0.15) is 0 Å². The molecule has 26 heavy (non-hydrogen) atoms. The van der Waals surface area contributed by atoms with Gasteiger partial charge in [-0.15, -0.1) is 0 Å². The number of hydrogen-bond acceptors (Lipinski definition) is 2. The van der Waals surface area contributed by atoms with Crippen LogP contribution in [0.2, 0.25) is 10.0 Å². The monoisotopic (exact) mass is 390 g/mol. The minimum atomic E-state index is -0.00494. The lowest BCUT2D eigenvalue weighted by Gasteiger charge is -2.34. The molecule has 0 aliphatic carbocycles. The van der Waals surface area contributed by atoms with Crippen LogP contribution in [-0.4, -0.2) is 47.8 Å². The van der Waals surface area contributed by atoms with Crippen LogP contribution in [0, 0.1) is 0 Å². The van der Waals surface area contributed by atoms with Crippen molar-refractivity contribution >= 4 is 35.0 Å². The van der Waals surface area contributed by atoms with Gasteiger partial charge in [-0.3, -0.25) is 9.59 Å². The first-order valence-electron chi connectivity index (χ1n) is 8.56. The van der Waals surface area contributed by atoms with Gasteiger partial charge in [0.15, 0.2) is 0 Å². The van der Waals surface area contributed by atoms with Gasteiger partial charge in [-0.05, 0) is 48.2 Å². The van der Waals surface area contributed by atoms with Crippen LogP contribution >= 0.6 is 23.2 Å². The first kappa shape index (κ1) is 18.7. The summed E-state index contributed by atoms with van der Waals surface area (Å²) in [6, 6.07) is 15.1. The number of piperazine rings is 1. The SMILES string of the molecule is O=C1CN(CCc2ccc(Cl)cc2)C(=O)CN1CCc1ccc(Cl)cc1. The average Bonchev–Trinajstić information content (AvgIpc) is 2.63. The molecule has 6 heteroatoms. The highest BCUT2D eigenvalue weighted by Gasteiger charge is 2.29. The lowest BCUT2D eigenvalue weighted by molar-refractivity contribution is -0.150. The second-order valence-electron chi connectivity index (χ2n) is 6.38. The van der Waals surface area contributed by atoms with Crippen molar-refractivity contribution in [1.29, 1.82) is 0 Å². The summed E-state index contributed by atoms with van der Waals surface area (Å²) in [4.78, 5) is 28.0. The molecule has 1 aliphatic heterocycles. The van der Waals surface area contributed by atoms with E-state index in [-0.39, 0.29) is 24.9 Å². The van der Waals surface area contributed by atoms with Crippen LogP contribution in [0.5, 0.6) is 0 Å². The zero-order valence-electron chi connectivity index (χ0n) is 14.3. The summed E-state index contributed by atoms with van der Waals surface area (Å²) in [5.74, 6) is -0.00987. The Morgan fingerprint density at radius 2 is 1.00 bits per heavy atom. The van der Waals surface area contributed by atoms with Gasteiger partial charge in [-0.25, -0.2) is 0 Å². The van der Waals surface area contributed by atoms with Crippen LogP contribution < -0.4 is 0 Å². The van der Waals surface area contributed by atoms with Gasteiger partial charge < -0.3 is 9.80 Å². The molecule has 0 aromatic heterocycles. The Morgan fingerprint density at radius 3 is 1.35 bits per heavy atom. The smallest absolute Gasteiger partial charge is 0.242 e. The molecule has 0 radical (unpaired) electrons. The standard InChI is InChI=1S/C20H20Cl2N2O2/c21-17-5-1-15(2-6-17)9-11-23-13-20(26)24(14-19(23)25)12-10-16-3-7-18(22)8-4-16/h1-8H,9-14H2. The van der Waals surface area contributed by atoms with Crippen molar-refractivity contribution in [2.45, 2.75) is 12.8 Å². The normalized spacial score (nSPS) is 14.8. The number of nitrogens with zero attached hydrogens (tertiary/aromatic N) is 2. The Labute approximate surface area is 163 Å². The quantitative estimate of drug-likeness (QED) is 0.757. The number of hydrogen-bond donors (Lipinski definition) is 0. The van der Waals surface area contributed by atoms with E-state index in [1.807, 2.05) is 48.5 Å². The van der Waals surface area contributed by atoms with Crippen LogP contribution in [-0.2, 0) is 22.4 Å². The first-order chi connectivity index (χ1) is 12.5. The van der Waals surface area contributed by atoms with E-state index in [2.05, 4.69) is 0 Å². The summed E-state index contributed by atoms with van der Waals surface area (Å²) in [5, 5.41) is 1.38. The summed E-state index contributed by atoms with van der Waals surface area (Å²) in [5.41, 5.74) is 2.19. The maximum atomic E-state index is 12.4. The van der Waals surface area contributed by atoms with Crippen LogP contribution in [0.15, 0.2) is 48.5 Å². The van der Waals surface area contributed by atoms with Crippen LogP contribution in [0.3, 0.4) is 0 Å². The summed E-state index contributed by atoms with van der Waals surface area (Å²) < 4.78 is 0. The average molecular weight is 391 g/mol. The maximum absolute atomic E-state index is 12.4. The van der Waals surface area contributed by atoms with Crippen molar-refractivity contribution in [3.05, 3.63) is 69.7 Å². The Morgan fingerprint density at radius 1 is 0.654 bits per heavy atom. The molecule has 136 valence electrons. The molecule has 2 amide bonds. The van der Waals surface area contributed by atoms with Gasteiger partial charge in [-0.1, -0.05) is 47.5 Å². The number of carbonyl (C=O) groups is 2. The topological polar surface area (TPSA) is 40.6 Å². The first-order valence-corrected chi connectivity index (χ1v) is 9.31. The van der Waals surface area contributed by atoms with E-state index in [1.54, 1.807) is 9.80 Å². The van der Waals surface area contributed by atoms with E-state index in [0.717, 1.165) is 11.1 Å². The van der Waals surface area contributed by atoms with Gasteiger partial charge in [0.05, 0.1) is 13.1 Å². The largest absolute Gasteiger partial charge is 0.332 e. The minimum Gasteiger partial charge on any atom is -0.332 e. The van der Waals surface area contributed by atoms with Crippen molar-refractivity contribution < 1.29 is 9.59 Å². The Hall–Kier alpha value is -2.04. The lowest BCUT2D eigenvalue weighted by Crippen LogP contribution is -2.54. The molecule has 2 aromatic carbocycles. The van der Waals surface area contributed by atoms with Crippen molar-refractivity contribution in [2.24, 2.45) is 0 Å². The predicted octanol–water partition coefficient (Wildman–Crippen LogP) is 3.45. The molecular formula is C20H20Cl2N2O2. The van der Waals surface area contributed by atoms with Crippen LogP contribution in [0.4, 0.5) is 0 Å². The fraction of sp³-hybridized carbons (Fsp3) is 0.300. The fourth-order valence-corrected chi connectivity index (χ4v) is 3.19. The van der Waals surface area contributed by atoms with Crippen LogP contribution in [0.1, 0.15) is 11.1 Å². The molecule has 0 saturated carbocycles. The third-order valence-corrected chi connectivity index (χ3v) is 5.03. The van der Waals surface area contributed by atoms with Crippen molar-refractivity contribution in [1.82, 2.24) is 9.80 Å². The lowest BCUT2D eigenvalue weighted by atomic mass is 10.1. The van der Waals surface area contributed by atoms with Crippen LogP contribution in [0.25, 0.3) is 0 Å². The van der Waals surface area contributed by atoms with Gasteiger partial charge in [0.1, 0.15) is 0 Å². The molecule has 0 bridgehead atoms. The molecule has 0 spiro atoms. The highest BCUT2D eigenvalue weighted by atomic mass is 35.5. The van der Waals surface area contributed by atoms with Crippen molar-refractivity contribution in [3.63, 3.8) is 0 Å². The summed E-state index contributed by atoms with van der Waals surface area (Å²) >= 11 is 11.8. The number of amides is 2. The molecule has 1 saturated heterocycles. The second kappa shape index (κ2) is 8.56. The van der Waals surface area contributed by atoms with E-state index in [0.29, 0.717) is 36.0 Å². The molecule has 3 rings (SSSR count). The minimum absolute atomic E-state index is 0.00494. The number of benzene rings is 2. The molecule has 0 N–H and O–H groups in total. The van der Waals surface area contributed by atoms with Gasteiger partial charge >= 0.3 is 0 Å². The zero-order valence-corrected chi connectivity index (χ0v) is 15.8. The van der Waals surface area contributed by atoms with E-state index in [4.69, 9.17) is 23.2 Å². The molecular weight excluding hydrogens is 371 g/mol. The molecule has 0 unspecified atom stereocenters. The van der Waals surface area contributed by atoms with E-state index in [9.17, 15) is 9.59 Å². The molecule has 4 nitrogen and oxygen atoms in total. The molecule has 0 atom stereocenters. The molecule has 2 aromatic rings. The summed E-state index contributed by atoms with van der Waals surface area (Å²) in [6.45, 7) is 1.37. The Kier molecular flexibility index (Phi) is 6.17. The molecule has 1 heterocycles. The van der Waals surface area contributed by atoms with E-state index >= 15 is 0 Å². The van der Waals surface area contributed by atoms with Gasteiger partial charge in [0.2, 0.25) is 11.8 Å². The number of rotatable bonds is 6. The van der Waals surface area contributed by atoms with E-state index in [1.165, 1.54) is 0 Å². The Bertz CT molecular complexity index is 708. The summed E-state index contributed by atoms with van der Waals surface area (Å²) in [6.07, 6.45) is 1.42. The predicted molar refractivity (Wildman–Crippen MR) is 103 cm³/mol. The van der Waals surface area contributed by atoms with Crippen molar-refractivity contribution in [3.8, 4) is 0 Å². The molecule has 1 fully saturated rings. The highest BCUT2D eigenvalue weighted by Crippen LogP contribution is 2.13. The highest BCUT2D eigenvalue weighted by molar-refractivity contribution is 6.30.